The minimum absolute atomic E-state index is 0.110. The molecular formula is C32H47N3O2S. The van der Waals surface area contributed by atoms with E-state index in [1.54, 1.807) is 0 Å². The van der Waals surface area contributed by atoms with E-state index in [1.165, 1.54) is 70.6 Å². The van der Waals surface area contributed by atoms with Gasteiger partial charge in [-0.05, 0) is 24.1 Å². The Hall–Kier alpha value is -2.60. The molecule has 2 aromatic carbocycles. The molecule has 5 nitrogen and oxygen atoms in total. The smallest absolute Gasteiger partial charge is 0.247 e. The zero-order chi connectivity index (χ0) is 27.1. The van der Waals surface area contributed by atoms with Crippen molar-refractivity contribution in [1.29, 1.82) is 0 Å². The van der Waals surface area contributed by atoms with Gasteiger partial charge in [0.25, 0.3) is 0 Å². The molecule has 0 radical (unpaired) electrons. The van der Waals surface area contributed by atoms with Crippen LogP contribution in [0.2, 0.25) is 0 Å². The van der Waals surface area contributed by atoms with Gasteiger partial charge < -0.3 is 4.57 Å². The van der Waals surface area contributed by atoms with Crippen LogP contribution in [0.1, 0.15) is 96.8 Å². The minimum atomic E-state index is -3.48. The second-order valence-corrected chi connectivity index (χ2v) is 12.3. The Bertz CT molecular complexity index is 1270. The van der Waals surface area contributed by atoms with Crippen LogP contribution in [0.25, 0.3) is 22.2 Å². The number of hydrogen-bond donors (Lipinski definition) is 1. The SMILES string of the molecule is CCCCCCCCCCCCCCCCS(=O)(=O)N/N=c1/cc(-c2ccccc2)n(C)c2ccccc12. The monoisotopic (exact) mass is 537 g/mol. The van der Waals surface area contributed by atoms with Gasteiger partial charge in [0.2, 0.25) is 10.0 Å². The van der Waals surface area contributed by atoms with Crippen LogP contribution < -0.4 is 10.2 Å². The molecule has 6 heteroatoms. The molecule has 3 aromatic rings. The predicted octanol–water partition coefficient (Wildman–Crippen LogP) is 8.06. The molecule has 0 bridgehead atoms. The van der Waals surface area contributed by atoms with Crippen molar-refractivity contribution in [2.24, 2.45) is 12.1 Å². The second-order valence-electron chi connectivity index (χ2n) is 10.5. The molecule has 1 N–H and O–H groups in total. The third-order valence-corrected chi connectivity index (χ3v) is 8.51. The summed E-state index contributed by atoms with van der Waals surface area (Å²) in [6, 6.07) is 20.0. The maximum Gasteiger partial charge on any atom is 0.247 e. The Labute approximate surface area is 230 Å². The Morgan fingerprint density at radius 2 is 1.24 bits per heavy atom. The quantitative estimate of drug-likeness (QED) is 0.132. The van der Waals surface area contributed by atoms with Crippen LogP contribution in [0, 0.1) is 0 Å². The van der Waals surface area contributed by atoms with E-state index in [1.807, 2.05) is 67.7 Å². The van der Waals surface area contributed by atoms with Gasteiger partial charge in [-0.3, -0.25) is 0 Å². The number of fused-ring (bicyclic) bond motifs is 1. The van der Waals surface area contributed by atoms with Crippen LogP contribution in [-0.2, 0) is 17.1 Å². The minimum Gasteiger partial charge on any atom is -0.344 e. The maximum atomic E-state index is 12.7. The lowest BCUT2D eigenvalue weighted by Gasteiger charge is -2.13. The number of sulfonamides is 1. The van der Waals surface area contributed by atoms with Crippen molar-refractivity contribution in [2.45, 2.75) is 96.8 Å². The highest BCUT2D eigenvalue weighted by Crippen LogP contribution is 2.21. The molecule has 208 valence electrons. The van der Waals surface area contributed by atoms with Crippen LogP contribution in [0.4, 0.5) is 0 Å². The molecule has 0 aliphatic heterocycles. The molecule has 0 fully saturated rings. The molecule has 0 aliphatic carbocycles. The van der Waals surface area contributed by atoms with E-state index < -0.39 is 10.0 Å². The lowest BCUT2D eigenvalue weighted by atomic mass is 10.0. The van der Waals surface area contributed by atoms with Gasteiger partial charge in [0.05, 0.1) is 22.3 Å². The topological polar surface area (TPSA) is 63.5 Å². The lowest BCUT2D eigenvalue weighted by molar-refractivity contribution is 0.536. The first-order valence-corrected chi connectivity index (χ1v) is 16.3. The molecule has 0 unspecified atom stereocenters. The third-order valence-electron chi connectivity index (χ3n) is 7.32. The number of aryl methyl sites for hydroxylation is 1. The number of pyridine rings is 1. The lowest BCUT2D eigenvalue weighted by Crippen LogP contribution is -2.25. The van der Waals surface area contributed by atoms with Gasteiger partial charge in [0, 0.05) is 12.4 Å². The molecule has 0 spiro atoms. The van der Waals surface area contributed by atoms with E-state index in [2.05, 4.69) is 21.4 Å². The average Bonchev–Trinajstić information content (AvgIpc) is 2.93. The van der Waals surface area contributed by atoms with E-state index in [-0.39, 0.29) is 5.75 Å². The number of nitrogens with zero attached hydrogens (tertiary/aromatic N) is 2. The highest BCUT2D eigenvalue weighted by molar-refractivity contribution is 7.89. The first kappa shape index (κ1) is 29.9. The third kappa shape index (κ3) is 9.94. The summed E-state index contributed by atoms with van der Waals surface area (Å²) in [5.41, 5.74) is 3.04. The van der Waals surface area contributed by atoms with Crippen molar-refractivity contribution in [3.8, 4) is 11.3 Å². The number of unbranched alkanes of at least 4 members (excludes halogenated alkanes) is 13. The van der Waals surface area contributed by atoms with Crippen molar-refractivity contribution in [3.05, 3.63) is 66.0 Å². The summed E-state index contributed by atoms with van der Waals surface area (Å²) in [5, 5.41) is 5.90. The standard InChI is InChI=1S/C32H47N3O2S/c1-3-4-5-6-7-8-9-10-11-12-13-14-15-21-26-38(36,37)34-33-30-27-32(28-22-17-16-18-23-28)35(2)31-25-20-19-24-29(30)31/h16-20,22-25,27,34H,3-15,21,26H2,1-2H3/b33-30-. The van der Waals surface area contributed by atoms with Crippen LogP contribution in [0.3, 0.4) is 0 Å². The zero-order valence-corrected chi connectivity index (χ0v) is 24.3. The Kier molecular flexibility index (Phi) is 12.9. The van der Waals surface area contributed by atoms with Gasteiger partial charge in [0.15, 0.2) is 0 Å². The fraction of sp³-hybridized carbons (Fsp3) is 0.531. The van der Waals surface area contributed by atoms with Gasteiger partial charge in [-0.1, -0.05) is 139 Å². The summed E-state index contributed by atoms with van der Waals surface area (Å²) >= 11 is 0. The fourth-order valence-corrected chi connectivity index (χ4v) is 5.96. The molecule has 1 aromatic heterocycles. The number of benzene rings is 2. The maximum absolute atomic E-state index is 12.7. The first-order valence-electron chi connectivity index (χ1n) is 14.7. The summed E-state index contributed by atoms with van der Waals surface area (Å²) in [6.45, 7) is 2.26. The second kappa shape index (κ2) is 16.4. The Balaban J connectivity index is 1.43. The molecule has 1 heterocycles. The molecule has 0 amide bonds. The molecule has 38 heavy (non-hydrogen) atoms. The predicted molar refractivity (Wildman–Crippen MR) is 161 cm³/mol. The van der Waals surface area contributed by atoms with E-state index in [9.17, 15) is 8.42 Å². The van der Waals surface area contributed by atoms with Crippen molar-refractivity contribution < 1.29 is 8.42 Å². The molecular weight excluding hydrogens is 490 g/mol. The molecule has 0 aliphatic rings. The molecule has 0 saturated heterocycles. The van der Waals surface area contributed by atoms with Crippen molar-refractivity contribution >= 4 is 20.9 Å². The number of aromatic nitrogens is 1. The van der Waals surface area contributed by atoms with Gasteiger partial charge in [-0.25, -0.2) is 13.2 Å². The van der Waals surface area contributed by atoms with Crippen molar-refractivity contribution in [2.75, 3.05) is 5.75 Å². The summed E-state index contributed by atoms with van der Waals surface area (Å²) in [5.74, 6) is 0.110. The average molecular weight is 538 g/mol. The number of rotatable bonds is 18. The molecule has 3 rings (SSSR count). The van der Waals surface area contributed by atoms with Crippen LogP contribution in [0.5, 0.6) is 0 Å². The van der Waals surface area contributed by atoms with Gasteiger partial charge >= 0.3 is 0 Å². The van der Waals surface area contributed by atoms with E-state index in [0.29, 0.717) is 11.8 Å². The summed E-state index contributed by atoms with van der Waals surface area (Å²) in [7, 11) is -1.45. The van der Waals surface area contributed by atoms with Crippen LogP contribution in [0.15, 0.2) is 65.8 Å². The van der Waals surface area contributed by atoms with E-state index >= 15 is 0 Å². The largest absolute Gasteiger partial charge is 0.344 e. The summed E-state index contributed by atoms with van der Waals surface area (Å²) in [4.78, 5) is 2.50. The molecule has 0 atom stereocenters. The van der Waals surface area contributed by atoms with E-state index in [4.69, 9.17) is 0 Å². The first-order chi connectivity index (χ1) is 18.5. The van der Waals surface area contributed by atoms with Gasteiger partial charge in [0.1, 0.15) is 0 Å². The van der Waals surface area contributed by atoms with Crippen molar-refractivity contribution in [1.82, 2.24) is 9.40 Å². The Morgan fingerprint density at radius 1 is 0.711 bits per heavy atom. The number of nitrogens with one attached hydrogen (secondary N) is 1. The van der Waals surface area contributed by atoms with Crippen molar-refractivity contribution in [3.63, 3.8) is 0 Å². The highest BCUT2D eigenvalue weighted by Gasteiger charge is 2.10. The van der Waals surface area contributed by atoms with Crippen LogP contribution in [-0.4, -0.2) is 18.7 Å². The zero-order valence-electron chi connectivity index (χ0n) is 23.5. The number of para-hydroxylation sites is 1. The number of hydrogen-bond acceptors (Lipinski definition) is 3. The Morgan fingerprint density at radius 3 is 1.84 bits per heavy atom. The van der Waals surface area contributed by atoms with E-state index in [0.717, 1.165) is 35.0 Å². The summed E-state index contributed by atoms with van der Waals surface area (Å²) < 4.78 is 27.5. The normalized spacial score (nSPS) is 12.3. The fourth-order valence-electron chi connectivity index (χ4n) is 5.05. The molecule has 0 saturated carbocycles. The van der Waals surface area contributed by atoms with Gasteiger partial charge in [-0.2, -0.15) is 5.10 Å². The van der Waals surface area contributed by atoms with Crippen LogP contribution >= 0.6 is 0 Å². The highest BCUT2D eigenvalue weighted by atomic mass is 32.2. The van der Waals surface area contributed by atoms with Gasteiger partial charge in [-0.15, -0.1) is 0 Å². The summed E-state index contributed by atoms with van der Waals surface area (Å²) in [6.07, 6.45) is 17.4.